The second-order valence-corrected chi connectivity index (χ2v) is 8.68. The summed E-state index contributed by atoms with van der Waals surface area (Å²) in [6.45, 7) is 0.606. The van der Waals surface area contributed by atoms with Crippen LogP contribution in [-0.4, -0.2) is 30.1 Å². The van der Waals surface area contributed by atoms with Crippen LogP contribution in [0.25, 0.3) is 11.2 Å². The van der Waals surface area contributed by atoms with Crippen molar-refractivity contribution in [1.29, 1.82) is 0 Å². The molecule has 0 radical (unpaired) electrons. The zero-order valence-corrected chi connectivity index (χ0v) is 17.3. The maximum Gasteiger partial charge on any atom is 0.216 e. The standard InChI is InChI=1S/C22H22N4O3S/c1-29-19-11-9-17(10-12-19)15-26-21(25-20-8-5-13-23-22(20)26)14-24-30(27,28)16-18-6-3-2-4-7-18/h2-13,24H,14-16H2,1H3. The molecule has 4 rings (SSSR count). The van der Waals surface area contributed by atoms with E-state index in [1.165, 1.54) is 0 Å². The third-order valence-electron chi connectivity index (χ3n) is 4.73. The Bertz CT molecular complexity index is 1240. The molecule has 0 saturated heterocycles. The third-order valence-corrected chi connectivity index (χ3v) is 6.03. The molecule has 2 heterocycles. The van der Waals surface area contributed by atoms with Crippen LogP contribution >= 0.6 is 0 Å². The normalized spacial score (nSPS) is 11.6. The van der Waals surface area contributed by atoms with Gasteiger partial charge < -0.3 is 9.30 Å². The summed E-state index contributed by atoms with van der Waals surface area (Å²) in [5, 5.41) is 0. The summed E-state index contributed by atoms with van der Waals surface area (Å²) < 4.78 is 34.9. The first-order valence-corrected chi connectivity index (χ1v) is 11.1. The van der Waals surface area contributed by atoms with Crippen LogP contribution in [0, 0.1) is 0 Å². The van der Waals surface area contributed by atoms with Gasteiger partial charge in [0.2, 0.25) is 10.0 Å². The molecule has 0 bridgehead atoms. The Hall–Kier alpha value is -3.23. The molecule has 0 aliphatic rings. The molecule has 4 aromatic rings. The number of hydrogen-bond donors (Lipinski definition) is 1. The molecule has 8 heteroatoms. The van der Waals surface area contributed by atoms with E-state index in [-0.39, 0.29) is 12.3 Å². The predicted octanol–water partition coefficient (Wildman–Crippen LogP) is 3.11. The van der Waals surface area contributed by atoms with Gasteiger partial charge in [0.05, 0.1) is 26.0 Å². The SMILES string of the molecule is COc1ccc(Cn2c(CNS(=O)(=O)Cc3ccccc3)nc3cccnc32)cc1. The number of rotatable bonds is 8. The number of fused-ring (bicyclic) bond motifs is 1. The van der Waals surface area contributed by atoms with Gasteiger partial charge in [-0.25, -0.2) is 23.1 Å². The number of nitrogens with zero attached hydrogens (tertiary/aromatic N) is 3. The van der Waals surface area contributed by atoms with E-state index in [9.17, 15) is 8.42 Å². The molecule has 7 nitrogen and oxygen atoms in total. The number of methoxy groups -OCH3 is 1. The highest BCUT2D eigenvalue weighted by molar-refractivity contribution is 7.88. The van der Waals surface area contributed by atoms with Gasteiger partial charge in [-0.1, -0.05) is 42.5 Å². The molecule has 1 N–H and O–H groups in total. The van der Waals surface area contributed by atoms with Crippen LogP contribution in [0.1, 0.15) is 17.0 Å². The first-order valence-electron chi connectivity index (χ1n) is 9.48. The molecule has 2 aromatic heterocycles. The first-order chi connectivity index (χ1) is 14.5. The third kappa shape index (κ3) is 4.67. The van der Waals surface area contributed by atoms with E-state index in [2.05, 4.69) is 14.7 Å². The van der Waals surface area contributed by atoms with Gasteiger partial charge in [-0.05, 0) is 35.4 Å². The fourth-order valence-corrected chi connectivity index (χ4v) is 4.32. The van der Waals surface area contributed by atoms with Crippen molar-refractivity contribution in [2.75, 3.05) is 7.11 Å². The predicted molar refractivity (Wildman–Crippen MR) is 116 cm³/mol. The summed E-state index contributed by atoms with van der Waals surface area (Å²) in [5.41, 5.74) is 3.21. The van der Waals surface area contributed by atoms with Crippen LogP contribution in [0.4, 0.5) is 0 Å². The molecule has 2 aromatic carbocycles. The molecular formula is C22H22N4O3S. The van der Waals surface area contributed by atoms with Gasteiger partial charge in [-0.3, -0.25) is 0 Å². The Morgan fingerprint density at radius 1 is 0.967 bits per heavy atom. The van der Waals surface area contributed by atoms with Crippen LogP contribution in [0.3, 0.4) is 0 Å². The minimum Gasteiger partial charge on any atom is -0.497 e. The first kappa shape index (κ1) is 20.1. The summed E-state index contributed by atoms with van der Waals surface area (Å²) in [6.07, 6.45) is 1.71. The molecule has 30 heavy (non-hydrogen) atoms. The fourth-order valence-electron chi connectivity index (χ4n) is 3.24. The Morgan fingerprint density at radius 3 is 2.47 bits per heavy atom. The molecule has 0 unspecified atom stereocenters. The Kier molecular flexibility index (Phi) is 5.78. The largest absolute Gasteiger partial charge is 0.497 e. The molecule has 0 saturated carbocycles. The second-order valence-electron chi connectivity index (χ2n) is 6.87. The van der Waals surface area contributed by atoms with Gasteiger partial charge >= 0.3 is 0 Å². The van der Waals surface area contributed by atoms with E-state index < -0.39 is 10.0 Å². The van der Waals surface area contributed by atoms with Gasteiger partial charge in [0.15, 0.2) is 5.65 Å². The van der Waals surface area contributed by atoms with Gasteiger partial charge in [0.1, 0.15) is 17.1 Å². The lowest BCUT2D eigenvalue weighted by Gasteiger charge is -2.11. The summed E-state index contributed by atoms with van der Waals surface area (Å²) in [4.78, 5) is 9.04. The van der Waals surface area contributed by atoms with Gasteiger partial charge in [0, 0.05) is 6.20 Å². The molecule has 0 aliphatic heterocycles. The number of benzene rings is 2. The molecule has 0 amide bonds. The van der Waals surface area contributed by atoms with Crippen molar-refractivity contribution >= 4 is 21.2 Å². The minimum atomic E-state index is -3.51. The number of pyridine rings is 1. The van der Waals surface area contributed by atoms with Gasteiger partial charge in [-0.2, -0.15) is 0 Å². The number of nitrogens with one attached hydrogen (secondary N) is 1. The summed E-state index contributed by atoms with van der Waals surface area (Å²) in [6, 6.07) is 20.5. The van der Waals surface area contributed by atoms with E-state index in [0.717, 1.165) is 22.4 Å². The van der Waals surface area contributed by atoms with Crippen molar-refractivity contribution in [3.05, 3.63) is 89.9 Å². The van der Waals surface area contributed by atoms with Crippen LogP contribution in [0.15, 0.2) is 72.9 Å². The molecule has 0 atom stereocenters. The zero-order valence-electron chi connectivity index (χ0n) is 16.5. The Balaban J connectivity index is 1.58. The highest BCUT2D eigenvalue weighted by atomic mass is 32.2. The number of sulfonamides is 1. The van der Waals surface area contributed by atoms with Crippen molar-refractivity contribution < 1.29 is 13.2 Å². The number of aromatic nitrogens is 3. The van der Waals surface area contributed by atoms with E-state index in [4.69, 9.17) is 4.74 Å². The van der Waals surface area contributed by atoms with Crippen LogP contribution in [0.5, 0.6) is 5.75 Å². The van der Waals surface area contributed by atoms with Crippen molar-refractivity contribution in [3.8, 4) is 5.75 Å². The summed E-state index contributed by atoms with van der Waals surface area (Å²) in [5.74, 6) is 1.31. The zero-order chi connectivity index (χ0) is 21.0. The fraction of sp³-hybridized carbons (Fsp3) is 0.182. The highest BCUT2D eigenvalue weighted by Gasteiger charge is 2.16. The van der Waals surface area contributed by atoms with E-state index in [1.54, 1.807) is 25.4 Å². The maximum atomic E-state index is 12.6. The van der Waals surface area contributed by atoms with Crippen LogP contribution in [-0.2, 0) is 28.9 Å². The van der Waals surface area contributed by atoms with Crippen molar-refractivity contribution in [2.24, 2.45) is 0 Å². The second kappa shape index (κ2) is 8.64. The average molecular weight is 423 g/mol. The van der Waals surface area contributed by atoms with Crippen molar-refractivity contribution in [2.45, 2.75) is 18.8 Å². The van der Waals surface area contributed by atoms with E-state index in [1.807, 2.05) is 59.2 Å². The monoisotopic (exact) mass is 422 g/mol. The van der Waals surface area contributed by atoms with Crippen molar-refractivity contribution in [1.82, 2.24) is 19.3 Å². The number of hydrogen-bond acceptors (Lipinski definition) is 5. The Morgan fingerprint density at radius 2 is 1.73 bits per heavy atom. The summed E-state index contributed by atoms with van der Waals surface area (Å²) >= 11 is 0. The topological polar surface area (TPSA) is 86.1 Å². The minimum absolute atomic E-state index is 0.0786. The molecule has 0 spiro atoms. The molecular weight excluding hydrogens is 400 g/mol. The smallest absolute Gasteiger partial charge is 0.216 e. The lowest BCUT2D eigenvalue weighted by Crippen LogP contribution is -2.26. The van der Waals surface area contributed by atoms with Gasteiger partial charge in [0.25, 0.3) is 0 Å². The quantitative estimate of drug-likeness (QED) is 0.472. The lowest BCUT2D eigenvalue weighted by molar-refractivity contribution is 0.414. The van der Waals surface area contributed by atoms with Crippen LogP contribution < -0.4 is 9.46 Å². The molecule has 154 valence electrons. The van der Waals surface area contributed by atoms with Gasteiger partial charge in [-0.15, -0.1) is 0 Å². The lowest BCUT2D eigenvalue weighted by atomic mass is 10.2. The Labute approximate surface area is 175 Å². The molecule has 0 fully saturated rings. The number of ether oxygens (including phenoxy) is 1. The van der Waals surface area contributed by atoms with Crippen LogP contribution in [0.2, 0.25) is 0 Å². The van der Waals surface area contributed by atoms with Crippen molar-refractivity contribution in [3.63, 3.8) is 0 Å². The van der Waals surface area contributed by atoms with E-state index in [0.29, 0.717) is 18.0 Å². The average Bonchev–Trinajstić information content (AvgIpc) is 3.11. The highest BCUT2D eigenvalue weighted by Crippen LogP contribution is 2.18. The molecule has 0 aliphatic carbocycles. The number of imidazole rings is 1. The maximum absolute atomic E-state index is 12.6. The van der Waals surface area contributed by atoms with E-state index >= 15 is 0 Å². The summed E-state index contributed by atoms with van der Waals surface area (Å²) in [7, 11) is -1.88.